The lowest BCUT2D eigenvalue weighted by Gasteiger charge is -2.14. The first-order chi connectivity index (χ1) is 13.4. The van der Waals surface area contributed by atoms with Gasteiger partial charge in [0.1, 0.15) is 5.75 Å². The fourth-order valence-electron chi connectivity index (χ4n) is 2.48. The molecule has 2 aromatic rings. The van der Waals surface area contributed by atoms with E-state index in [0.717, 1.165) is 23.7 Å². The Morgan fingerprint density at radius 2 is 1.82 bits per heavy atom. The zero-order chi connectivity index (χ0) is 20.5. The number of nitrogens with one attached hydrogen (secondary N) is 2. The number of anilines is 1. The highest BCUT2D eigenvalue weighted by atomic mass is 79.9. The third-order valence-corrected chi connectivity index (χ3v) is 4.92. The molecule has 28 heavy (non-hydrogen) atoms. The van der Waals surface area contributed by atoms with Crippen LogP contribution in [-0.2, 0) is 0 Å². The lowest BCUT2D eigenvalue weighted by Crippen LogP contribution is -2.34. The highest BCUT2D eigenvalue weighted by molar-refractivity contribution is 9.10. The first kappa shape index (κ1) is 22.9. The van der Waals surface area contributed by atoms with E-state index >= 15 is 0 Å². The molecular weight excluding hydrogens is 483 g/mol. The van der Waals surface area contributed by atoms with Crippen molar-refractivity contribution in [1.29, 1.82) is 0 Å². The number of amides is 1. The van der Waals surface area contributed by atoms with Gasteiger partial charge < -0.3 is 10.1 Å². The molecule has 2 rings (SSSR count). The van der Waals surface area contributed by atoms with E-state index in [2.05, 4.69) is 33.5 Å². The monoisotopic (exact) mass is 502 g/mol. The molecule has 0 spiro atoms. The van der Waals surface area contributed by atoms with Crippen LogP contribution in [0.5, 0.6) is 5.75 Å². The van der Waals surface area contributed by atoms with Crippen molar-refractivity contribution in [2.75, 3.05) is 11.9 Å². The second-order valence-electron chi connectivity index (χ2n) is 6.12. The smallest absolute Gasteiger partial charge is 0.261 e. The normalized spacial score (nSPS) is 10.4. The minimum absolute atomic E-state index is 0.136. The Hall–Kier alpha value is -1.34. The molecule has 0 fully saturated rings. The van der Waals surface area contributed by atoms with Crippen molar-refractivity contribution < 1.29 is 9.53 Å². The van der Waals surface area contributed by atoms with Gasteiger partial charge in [0.2, 0.25) is 0 Å². The lowest BCUT2D eigenvalue weighted by atomic mass is 10.2. The molecule has 0 atom stereocenters. The molecule has 1 amide bonds. The molecule has 0 aliphatic heterocycles. The van der Waals surface area contributed by atoms with Crippen molar-refractivity contribution in [1.82, 2.24) is 5.32 Å². The van der Waals surface area contributed by atoms with Crippen LogP contribution >= 0.6 is 51.3 Å². The van der Waals surface area contributed by atoms with E-state index in [1.54, 1.807) is 30.3 Å². The second-order valence-corrected chi connectivity index (χ2v) is 8.31. The topological polar surface area (TPSA) is 50.4 Å². The summed E-state index contributed by atoms with van der Waals surface area (Å²) in [5, 5.41) is 6.63. The van der Waals surface area contributed by atoms with Gasteiger partial charge in [-0.1, -0.05) is 65.3 Å². The fourth-order valence-corrected chi connectivity index (χ4v) is 3.57. The molecule has 0 saturated heterocycles. The molecule has 2 N–H and O–H groups in total. The van der Waals surface area contributed by atoms with Crippen LogP contribution in [0.15, 0.2) is 40.9 Å². The van der Waals surface area contributed by atoms with Gasteiger partial charge in [0, 0.05) is 20.2 Å². The van der Waals surface area contributed by atoms with Crippen LogP contribution in [0.1, 0.15) is 43.0 Å². The lowest BCUT2D eigenvalue weighted by molar-refractivity contribution is 0.0973. The molecule has 2 aromatic carbocycles. The largest absolute Gasteiger partial charge is 0.493 e. The first-order valence-corrected chi connectivity index (χ1v) is 10.9. The number of hydrogen-bond donors (Lipinski definition) is 2. The van der Waals surface area contributed by atoms with Crippen LogP contribution in [0.25, 0.3) is 0 Å². The number of halogens is 3. The van der Waals surface area contributed by atoms with Gasteiger partial charge in [-0.25, -0.2) is 0 Å². The summed E-state index contributed by atoms with van der Waals surface area (Å²) in [6, 6.07) is 10.2. The van der Waals surface area contributed by atoms with Crippen LogP contribution in [0, 0.1) is 0 Å². The highest BCUT2D eigenvalue weighted by Crippen LogP contribution is 2.24. The van der Waals surface area contributed by atoms with E-state index in [1.165, 1.54) is 6.42 Å². The molecule has 0 aliphatic rings. The SMILES string of the molecule is CCCCCCOc1ccc(Br)cc1C(=O)NC(=S)Nc1cc(Cl)cc(Cl)c1. The van der Waals surface area contributed by atoms with Crippen LogP contribution in [0.4, 0.5) is 5.69 Å². The van der Waals surface area contributed by atoms with Gasteiger partial charge in [-0.2, -0.15) is 0 Å². The summed E-state index contributed by atoms with van der Waals surface area (Å²) >= 11 is 20.6. The zero-order valence-corrected chi connectivity index (χ0v) is 19.3. The van der Waals surface area contributed by atoms with Gasteiger partial charge in [0.05, 0.1) is 12.2 Å². The third kappa shape index (κ3) is 7.59. The van der Waals surface area contributed by atoms with Gasteiger partial charge in [-0.15, -0.1) is 0 Å². The summed E-state index contributed by atoms with van der Waals surface area (Å²) in [5.74, 6) is 0.154. The summed E-state index contributed by atoms with van der Waals surface area (Å²) < 4.78 is 6.59. The van der Waals surface area contributed by atoms with Gasteiger partial charge in [-0.3, -0.25) is 10.1 Å². The minimum Gasteiger partial charge on any atom is -0.493 e. The van der Waals surface area contributed by atoms with E-state index in [4.69, 9.17) is 40.2 Å². The molecular formula is C20H21BrCl2N2O2S. The van der Waals surface area contributed by atoms with E-state index in [-0.39, 0.29) is 11.0 Å². The van der Waals surface area contributed by atoms with Crippen LogP contribution in [-0.4, -0.2) is 17.6 Å². The number of ether oxygens (including phenoxy) is 1. The van der Waals surface area contributed by atoms with Crippen molar-refractivity contribution in [3.63, 3.8) is 0 Å². The number of carbonyl (C=O) groups excluding carboxylic acids is 1. The number of hydrogen-bond acceptors (Lipinski definition) is 3. The average molecular weight is 504 g/mol. The molecule has 0 aromatic heterocycles. The Labute approximate surface area is 189 Å². The van der Waals surface area contributed by atoms with E-state index < -0.39 is 0 Å². The van der Waals surface area contributed by atoms with Crippen molar-refractivity contribution >= 4 is 68.1 Å². The number of carbonyl (C=O) groups is 1. The van der Waals surface area contributed by atoms with Crippen molar-refractivity contribution in [3.8, 4) is 5.75 Å². The highest BCUT2D eigenvalue weighted by Gasteiger charge is 2.15. The number of rotatable bonds is 8. The second kappa shape index (κ2) is 11.6. The maximum absolute atomic E-state index is 12.7. The molecule has 0 aliphatic carbocycles. The van der Waals surface area contributed by atoms with Crippen molar-refractivity contribution in [3.05, 3.63) is 56.5 Å². The molecule has 0 unspecified atom stereocenters. The Kier molecular flexibility index (Phi) is 9.51. The number of benzene rings is 2. The Morgan fingerprint density at radius 1 is 1.11 bits per heavy atom. The average Bonchev–Trinajstić information content (AvgIpc) is 2.61. The maximum atomic E-state index is 12.7. The quantitative estimate of drug-likeness (QED) is 0.305. The first-order valence-electron chi connectivity index (χ1n) is 8.90. The summed E-state index contributed by atoms with van der Waals surface area (Å²) in [4.78, 5) is 12.7. The van der Waals surface area contributed by atoms with Gasteiger partial charge in [0.15, 0.2) is 5.11 Å². The predicted molar refractivity (Wildman–Crippen MR) is 124 cm³/mol. The van der Waals surface area contributed by atoms with E-state index in [0.29, 0.717) is 33.7 Å². The maximum Gasteiger partial charge on any atom is 0.261 e. The fraction of sp³-hybridized carbons (Fsp3) is 0.300. The molecule has 8 heteroatoms. The van der Waals surface area contributed by atoms with Crippen LogP contribution in [0.3, 0.4) is 0 Å². The molecule has 0 bridgehead atoms. The van der Waals surface area contributed by atoms with Crippen molar-refractivity contribution in [2.24, 2.45) is 0 Å². The Balaban J connectivity index is 2.01. The standard InChI is InChI=1S/C20H21BrCl2N2O2S/c1-2-3-4-5-8-27-18-7-6-13(21)9-17(18)19(26)25-20(28)24-16-11-14(22)10-15(23)12-16/h6-7,9-12H,2-5,8H2,1H3,(H2,24,25,26,28). The van der Waals surface area contributed by atoms with Crippen LogP contribution < -0.4 is 15.4 Å². The third-order valence-electron chi connectivity index (χ3n) is 3.79. The predicted octanol–water partition coefficient (Wildman–Crippen LogP) is 6.84. The van der Waals surface area contributed by atoms with Crippen LogP contribution in [0.2, 0.25) is 10.0 Å². The minimum atomic E-state index is -0.365. The summed E-state index contributed by atoms with van der Waals surface area (Å²) in [6.45, 7) is 2.72. The van der Waals surface area contributed by atoms with E-state index in [1.807, 2.05) is 6.07 Å². The number of unbranched alkanes of at least 4 members (excludes halogenated alkanes) is 3. The number of thiocarbonyl (C=S) groups is 1. The van der Waals surface area contributed by atoms with Gasteiger partial charge in [-0.05, 0) is 55.0 Å². The molecule has 4 nitrogen and oxygen atoms in total. The van der Waals surface area contributed by atoms with E-state index in [9.17, 15) is 4.79 Å². The summed E-state index contributed by atoms with van der Waals surface area (Å²) in [7, 11) is 0. The Bertz CT molecular complexity index is 829. The zero-order valence-electron chi connectivity index (χ0n) is 15.4. The summed E-state index contributed by atoms with van der Waals surface area (Å²) in [6.07, 6.45) is 4.38. The molecule has 0 radical (unpaired) electrons. The van der Waals surface area contributed by atoms with Gasteiger partial charge in [0.25, 0.3) is 5.91 Å². The molecule has 0 heterocycles. The van der Waals surface area contributed by atoms with Gasteiger partial charge >= 0.3 is 0 Å². The van der Waals surface area contributed by atoms with Crippen molar-refractivity contribution in [2.45, 2.75) is 32.6 Å². The molecule has 150 valence electrons. The summed E-state index contributed by atoms with van der Waals surface area (Å²) in [5.41, 5.74) is 0.989. The Morgan fingerprint density at radius 3 is 2.50 bits per heavy atom. The molecule has 0 saturated carbocycles.